The van der Waals surface area contributed by atoms with Crippen LogP contribution < -0.4 is 5.32 Å². The van der Waals surface area contributed by atoms with Crippen molar-refractivity contribution in [3.63, 3.8) is 0 Å². The van der Waals surface area contributed by atoms with Crippen LogP contribution >= 0.6 is 15.9 Å². The number of anilines is 1. The molecule has 0 saturated heterocycles. The molecule has 4 nitrogen and oxygen atoms in total. The van der Waals surface area contributed by atoms with E-state index in [0.29, 0.717) is 0 Å². The topological polar surface area (TPSA) is 41.1 Å². The van der Waals surface area contributed by atoms with Crippen molar-refractivity contribution < 1.29 is 0 Å². The Labute approximate surface area is 92.9 Å². The van der Waals surface area contributed by atoms with Gasteiger partial charge in [-0.05, 0) is 30.0 Å². The molecule has 0 aliphatic rings. The first-order valence-electron chi connectivity index (χ1n) is 4.47. The first kappa shape index (κ1) is 11.4. The van der Waals surface area contributed by atoms with Crippen molar-refractivity contribution in [2.24, 2.45) is 0 Å². The molecule has 14 heavy (non-hydrogen) atoms. The van der Waals surface area contributed by atoms with Crippen molar-refractivity contribution in [1.29, 1.82) is 0 Å². The lowest BCUT2D eigenvalue weighted by Gasteiger charge is -2.09. The molecule has 0 fully saturated rings. The standard InChI is InChI=1S/C9H15BrN4/c1-11-9-7(10)6-12-8(13-9)4-5-14(2)3/h6H,4-5H2,1-3H3,(H,11,12,13). The summed E-state index contributed by atoms with van der Waals surface area (Å²) in [6.07, 6.45) is 2.65. The number of halogens is 1. The Balaban J connectivity index is 2.69. The van der Waals surface area contributed by atoms with Crippen LogP contribution in [0.4, 0.5) is 5.82 Å². The van der Waals surface area contributed by atoms with Crippen molar-refractivity contribution in [2.45, 2.75) is 6.42 Å². The smallest absolute Gasteiger partial charge is 0.143 e. The third-order valence-corrected chi connectivity index (χ3v) is 2.39. The molecule has 1 aromatic rings. The summed E-state index contributed by atoms with van der Waals surface area (Å²) in [5.41, 5.74) is 0. The van der Waals surface area contributed by atoms with Crippen LogP contribution in [0, 0.1) is 0 Å². The van der Waals surface area contributed by atoms with Gasteiger partial charge in [0.1, 0.15) is 11.6 Å². The molecule has 1 rings (SSSR count). The van der Waals surface area contributed by atoms with Crippen LogP contribution in [-0.4, -0.2) is 42.6 Å². The van der Waals surface area contributed by atoms with E-state index in [1.165, 1.54) is 0 Å². The van der Waals surface area contributed by atoms with Crippen LogP contribution in [0.2, 0.25) is 0 Å². The maximum absolute atomic E-state index is 4.37. The lowest BCUT2D eigenvalue weighted by atomic mass is 10.4. The van der Waals surface area contributed by atoms with Crippen molar-refractivity contribution in [1.82, 2.24) is 14.9 Å². The van der Waals surface area contributed by atoms with Crippen LogP contribution in [-0.2, 0) is 6.42 Å². The zero-order chi connectivity index (χ0) is 10.6. The highest BCUT2D eigenvalue weighted by molar-refractivity contribution is 9.10. The van der Waals surface area contributed by atoms with Crippen molar-refractivity contribution in [3.05, 3.63) is 16.5 Å². The maximum Gasteiger partial charge on any atom is 0.143 e. The van der Waals surface area contributed by atoms with Gasteiger partial charge in [0, 0.05) is 26.2 Å². The highest BCUT2D eigenvalue weighted by atomic mass is 79.9. The average Bonchev–Trinajstić information content (AvgIpc) is 2.16. The monoisotopic (exact) mass is 258 g/mol. The highest BCUT2D eigenvalue weighted by Crippen LogP contribution is 2.17. The maximum atomic E-state index is 4.37. The normalized spacial score (nSPS) is 10.6. The molecule has 0 saturated carbocycles. The van der Waals surface area contributed by atoms with Crippen LogP contribution in [0.5, 0.6) is 0 Å². The van der Waals surface area contributed by atoms with Gasteiger partial charge < -0.3 is 10.2 Å². The van der Waals surface area contributed by atoms with E-state index in [9.17, 15) is 0 Å². The first-order valence-corrected chi connectivity index (χ1v) is 5.26. The largest absolute Gasteiger partial charge is 0.372 e. The fraction of sp³-hybridized carbons (Fsp3) is 0.556. The molecule has 0 spiro atoms. The van der Waals surface area contributed by atoms with Gasteiger partial charge in [0.2, 0.25) is 0 Å². The third kappa shape index (κ3) is 3.23. The van der Waals surface area contributed by atoms with E-state index in [-0.39, 0.29) is 0 Å². The van der Waals surface area contributed by atoms with Crippen LogP contribution in [0.25, 0.3) is 0 Å². The SMILES string of the molecule is CNc1nc(CCN(C)C)ncc1Br. The number of likely N-dealkylation sites (N-methyl/N-ethyl adjacent to an activating group) is 1. The van der Waals surface area contributed by atoms with E-state index in [1.54, 1.807) is 6.20 Å². The fourth-order valence-electron chi connectivity index (χ4n) is 1.02. The lowest BCUT2D eigenvalue weighted by molar-refractivity contribution is 0.409. The molecule has 0 bridgehead atoms. The summed E-state index contributed by atoms with van der Waals surface area (Å²) in [6.45, 7) is 0.963. The molecule has 5 heteroatoms. The molecule has 1 heterocycles. The highest BCUT2D eigenvalue weighted by Gasteiger charge is 2.03. The van der Waals surface area contributed by atoms with E-state index in [4.69, 9.17) is 0 Å². The van der Waals surface area contributed by atoms with Gasteiger partial charge >= 0.3 is 0 Å². The van der Waals surface area contributed by atoms with Crippen LogP contribution in [0.15, 0.2) is 10.7 Å². The number of hydrogen-bond donors (Lipinski definition) is 1. The second-order valence-corrected chi connectivity index (χ2v) is 4.14. The molecule has 0 aliphatic carbocycles. The number of hydrogen-bond acceptors (Lipinski definition) is 4. The summed E-state index contributed by atoms with van der Waals surface area (Å²) in [7, 11) is 5.93. The summed E-state index contributed by atoms with van der Waals surface area (Å²) >= 11 is 3.37. The van der Waals surface area contributed by atoms with Gasteiger partial charge in [0.25, 0.3) is 0 Å². The lowest BCUT2D eigenvalue weighted by Crippen LogP contribution is -2.16. The minimum atomic E-state index is 0.841. The first-order chi connectivity index (χ1) is 6.63. The third-order valence-electron chi connectivity index (χ3n) is 1.81. The summed E-state index contributed by atoms with van der Waals surface area (Å²) in [5, 5.41) is 3.01. The van der Waals surface area contributed by atoms with E-state index < -0.39 is 0 Å². The Morgan fingerprint density at radius 1 is 1.50 bits per heavy atom. The van der Waals surface area contributed by atoms with Crippen LogP contribution in [0.3, 0.4) is 0 Å². The quantitative estimate of drug-likeness (QED) is 0.887. The summed E-state index contributed by atoms with van der Waals surface area (Å²) < 4.78 is 0.897. The molecule has 78 valence electrons. The van der Waals surface area contributed by atoms with Gasteiger partial charge in [-0.1, -0.05) is 0 Å². The summed E-state index contributed by atoms with van der Waals surface area (Å²) in [5.74, 6) is 1.71. The van der Waals surface area contributed by atoms with E-state index in [0.717, 1.165) is 29.1 Å². The molecule has 1 N–H and O–H groups in total. The molecule has 0 unspecified atom stereocenters. The van der Waals surface area contributed by atoms with Gasteiger partial charge in [-0.25, -0.2) is 9.97 Å². The van der Waals surface area contributed by atoms with E-state index in [2.05, 4.69) is 36.1 Å². The molecule has 0 atom stereocenters. The van der Waals surface area contributed by atoms with Gasteiger partial charge in [-0.2, -0.15) is 0 Å². The number of aromatic nitrogens is 2. The molecule has 0 amide bonds. The van der Waals surface area contributed by atoms with E-state index >= 15 is 0 Å². The van der Waals surface area contributed by atoms with Gasteiger partial charge in [-0.15, -0.1) is 0 Å². The minimum absolute atomic E-state index is 0.841. The molecule has 0 aliphatic heterocycles. The van der Waals surface area contributed by atoms with Crippen molar-refractivity contribution in [2.75, 3.05) is 33.0 Å². The summed E-state index contributed by atoms with van der Waals surface area (Å²) in [6, 6.07) is 0. The average molecular weight is 259 g/mol. The number of nitrogens with one attached hydrogen (secondary N) is 1. The molecular formula is C9H15BrN4. The molecule has 1 aromatic heterocycles. The van der Waals surface area contributed by atoms with Crippen LogP contribution in [0.1, 0.15) is 5.82 Å². The Morgan fingerprint density at radius 3 is 2.79 bits per heavy atom. The van der Waals surface area contributed by atoms with E-state index in [1.807, 2.05) is 21.1 Å². The Bertz CT molecular complexity index is 301. The summed E-state index contributed by atoms with van der Waals surface area (Å²) in [4.78, 5) is 10.7. The van der Waals surface area contributed by atoms with Crippen molar-refractivity contribution in [3.8, 4) is 0 Å². The second kappa shape index (κ2) is 5.26. The zero-order valence-corrected chi connectivity index (χ0v) is 10.3. The van der Waals surface area contributed by atoms with Crippen molar-refractivity contribution >= 4 is 21.7 Å². The van der Waals surface area contributed by atoms with Gasteiger partial charge in [0.15, 0.2) is 0 Å². The minimum Gasteiger partial charge on any atom is -0.372 e. The predicted octanol–water partition coefficient (Wildman–Crippen LogP) is 1.38. The van der Waals surface area contributed by atoms with Gasteiger partial charge in [-0.3, -0.25) is 0 Å². The number of nitrogens with zero attached hydrogens (tertiary/aromatic N) is 3. The zero-order valence-electron chi connectivity index (χ0n) is 8.71. The van der Waals surface area contributed by atoms with Gasteiger partial charge in [0.05, 0.1) is 4.47 Å². The molecular weight excluding hydrogens is 244 g/mol. The Kier molecular flexibility index (Phi) is 4.28. The second-order valence-electron chi connectivity index (χ2n) is 3.29. The molecule has 0 aromatic carbocycles. The Morgan fingerprint density at radius 2 is 2.21 bits per heavy atom. The fourth-order valence-corrected chi connectivity index (χ4v) is 1.41. The number of rotatable bonds is 4. The molecule has 0 radical (unpaired) electrons. The Hall–Kier alpha value is -0.680. The predicted molar refractivity (Wildman–Crippen MR) is 61.5 cm³/mol.